The minimum Gasteiger partial charge on any atom is -0.472 e. The number of aliphatic hydroxyl groups excluding tert-OH is 1. The first-order valence-corrected chi connectivity index (χ1v) is 7.75. The quantitative estimate of drug-likeness (QED) is 0.841. The number of alkyl halides is 2. The molecule has 1 aliphatic rings. The van der Waals surface area contributed by atoms with Crippen LogP contribution in [-0.2, 0) is 0 Å². The van der Waals surface area contributed by atoms with Gasteiger partial charge in [-0.1, -0.05) is 25.8 Å². The Balaban J connectivity index is 1.94. The molecule has 128 valence electrons. The van der Waals surface area contributed by atoms with Crippen molar-refractivity contribution in [1.82, 2.24) is 10.3 Å². The van der Waals surface area contributed by atoms with Gasteiger partial charge in [0.15, 0.2) is 6.61 Å². The summed E-state index contributed by atoms with van der Waals surface area (Å²) >= 11 is 0. The Morgan fingerprint density at radius 3 is 3.00 bits per heavy atom. The van der Waals surface area contributed by atoms with Crippen LogP contribution in [0.1, 0.15) is 43.1 Å². The van der Waals surface area contributed by atoms with Gasteiger partial charge in [0.25, 0.3) is 12.3 Å². The third-order valence-corrected chi connectivity index (χ3v) is 4.25. The van der Waals surface area contributed by atoms with E-state index < -0.39 is 25.0 Å². The van der Waals surface area contributed by atoms with Crippen molar-refractivity contribution in [3.8, 4) is 5.88 Å². The molecule has 7 heteroatoms. The van der Waals surface area contributed by atoms with E-state index in [4.69, 9.17) is 4.74 Å². The number of amides is 1. The molecule has 2 unspecified atom stereocenters. The van der Waals surface area contributed by atoms with Crippen molar-refractivity contribution in [1.29, 1.82) is 0 Å². The van der Waals surface area contributed by atoms with Crippen LogP contribution in [0, 0.1) is 5.41 Å². The molecule has 1 aromatic heterocycles. The lowest BCUT2D eigenvalue weighted by Gasteiger charge is -2.38. The summed E-state index contributed by atoms with van der Waals surface area (Å²) in [5.41, 5.74) is -0.247. The van der Waals surface area contributed by atoms with E-state index >= 15 is 0 Å². The molecule has 0 aromatic carbocycles. The molecule has 1 heterocycles. The number of aliphatic hydroxyl groups is 1. The normalized spacial score (nSPS) is 24.5. The van der Waals surface area contributed by atoms with Crippen LogP contribution in [0.2, 0.25) is 0 Å². The second-order valence-corrected chi connectivity index (χ2v) is 6.16. The summed E-state index contributed by atoms with van der Waals surface area (Å²) < 4.78 is 29.1. The predicted octanol–water partition coefficient (Wildman–Crippen LogP) is 2.40. The van der Waals surface area contributed by atoms with Gasteiger partial charge in [0.2, 0.25) is 5.88 Å². The lowest BCUT2D eigenvalue weighted by Crippen LogP contribution is -2.45. The Morgan fingerprint density at radius 2 is 2.30 bits per heavy atom. The van der Waals surface area contributed by atoms with Gasteiger partial charge in [0.05, 0.1) is 6.10 Å². The Kier molecular flexibility index (Phi) is 5.87. The Labute approximate surface area is 134 Å². The second kappa shape index (κ2) is 7.68. The largest absolute Gasteiger partial charge is 0.472 e. The zero-order valence-electron chi connectivity index (χ0n) is 13.1. The Bertz CT molecular complexity index is 542. The lowest BCUT2D eigenvalue weighted by molar-refractivity contribution is 0.00186. The van der Waals surface area contributed by atoms with Gasteiger partial charge >= 0.3 is 0 Å². The van der Waals surface area contributed by atoms with Crippen LogP contribution in [0.25, 0.3) is 0 Å². The molecular weight excluding hydrogens is 306 g/mol. The van der Waals surface area contributed by atoms with Crippen molar-refractivity contribution in [2.75, 3.05) is 13.2 Å². The summed E-state index contributed by atoms with van der Waals surface area (Å²) in [4.78, 5) is 16.1. The highest BCUT2D eigenvalue weighted by atomic mass is 19.3. The fraction of sp³-hybridized carbons (Fsp3) is 0.625. The number of ether oxygens (including phenoxy) is 1. The predicted molar refractivity (Wildman–Crippen MR) is 80.7 cm³/mol. The minimum atomic E-state index is -2.60. The van der Waals surface area contributed by atoms with Gasteiger partial charge in [-0.25, -0.2) is 13.8 Å². The Morgan fingerprint density at radius 1 is 1.52 bits per heavy atom. The summed E-state index contributed by atoms with van der Waals surface area (Å²) in [6.07, 6.45) is 0.572. The summed E-state index contributed by atoms with van der Waals surface area (Å²) in [5.74, 6) is -0.423. The van der Waals surface area contributed by atoms with E-state index in [1.807, 2.05) is 6.92 Å². The van der Waals surface area contributed by atoms with Gasteiger partial charge in [-0.05, 0) is 18.9 Å². The number of pyridine rings is 1. The molecule has 0 bridgehead atoms. The summed E-state index contributed by atoms with van der Waals surface area (Å²) in [7, 11) is 0. The van der Waals surface area contributed by atoms with Gasteiger partial charge in [-0.2, -0.15) is 0 Å². The standard InChI is InChI=1S/C16H22F2N2O3/c1-16(8-3-2-6-12(16)21)10-19-15(22)11-5-4-7-14(20-11)23-9-13(17)18/h4-5,7,12-13,21H,2-3,6,8-10H2,1H3,(H,19,22). The molecule has 2 atom stereocenters. The van der Waals surface area contributed by atoms with Crippen molar-refractivity contribution in [3.05, 3.63) is 23.9 Å². The number of rotatable bonds is 6. The van der Waals surface area contributed by atoms with E-state index in [0.717, 1.165) is 25.7 Å². The molecule has 2 N–H and O–H groups in total. The van der Waals surface area contributed by atoms with Crippen molar-refractivity contribution in [2.24, 2.45) is 5.41 Å². The SMILES string of the molecule is CC1(CNC(=O)c2cccc(OCC(F)F)n2)CCCCC1O. The topological polar surface area (TPSA) is 71.5 Å². The van der Waals surface area contributed by atoms with E-state index in [-0.39, 0.29) is 17.0 Å². The maximum Gasteiger partial charge on any atom is 0.272 e. The van der Waals surface area contributed by atoms with Crippen LogP contribution in [0.3, 0.4) is 0 Å². The monoisotopic (exact) mass is 328 g/mol. The highest BCUT2D eigenvalue weighted by Crippen LogP contribution is 2.35. The smallest absolute Gasteiger partial charge is 0.272 e. The third kappa shape index (κ3) is 4.86. The zero-order chi connectivity index (χ0) is 16.9. The molecule has 5 nitrogen and oxygen atoms in total. The number of nitrogens with zero attached hydrogens (tertiary/aromatic N) is 1. The number of nitrogens with one attached hydrogen (secondary N) is 1. The Hall–Kier alpha value is -1.76. The second-order valence-electron chi connectivity index (χ2n) is 6.16. The van der Waals surface area contributed by atoms with E-state index in [2.05, 4.69) is 10.3 Å². The molecule has 2 rings (SSSR count). The molecule has 0 aliphatic heterocycles. The van der Waals surface area contributed by atoms with E-state index in [1.165, 1.54) is 18.2 Å². The third-order valence-electron chi connectivity index (χ3n) is 4.25. The number of carbonyl (C=O) groups is 1. The van der Waals surface area contributed by atoms with Gasteiger partial charge in [0.1, 0.15) is 5.69 Å². The molecule has 0 radical (unpaired) electrons. The molecule has 0 saturated heterocycles. The van der Waals surface area contributed by atoms with Crippen LogP contribution in [0.4, 0.5) is 8.78 Å². The molecule has 1 amide bonds. The number of hydrogen-bond donors (Lipinski definition) is 2. The van der Waals surface area contributed by atoms with Gasteiger partial charge in [-0.3, -0.25) is 4.79 Å². The van der Waals surface area contributed by atoms with Crippen molar-refractivity contribution >= 4 is 5.91 Å². The fourth-order valence-electron chi connectivity index (χ4n) is 2.73. The van der Waals surface area contributed by atoms with Gasteiger partial charge in [0, 0.05) is 18.0 Å². The first kappa shape index (κ1) is 17.6. The maximum absolute atomic E-state index is 12.2. The van der Waals surface area contributed by atoms with Crippen molar-refractivity contribution in [3.63, 3.8) is 0 Å². The van der Waals surface area contributed by atoms with Crippen LogP contribution >= 0.6 is 0 Å². The van der Waals surface area contributed by atoms with Crippen LogP contribution in [0.5, 0.6) is 5.88 Å². The van der Waals surface area contributed by atoms with Crippen molar-refractivity contribution < 1.29 is 23.4 Å². The number of halogens is 2. The zero-order valence-corrected chi connectivity index (χ0v) is 13.1. The fourth-order valence-corrected chi connectivity index (χ4v) is 2.73. The van der Waals surface area contributed by atoms with Crippen LogP contribution < -0.4 is 10.1 Å². The maximum atomic E-state index is 12.2. The molecule has 1 saturated carbocycles. The average molecular weight is 328 g/mol. The average Bonchev–Trinajstić information content (AvgIpc) is 2.54. The highest BCUT2D eigenvalue weighted by molar-refractivity contribution is 5.92. The van der Waals surface area contributed by atoms with E-state index in [1.54, 1.807) is 0 Å². The number of hydrogen-bond acceptors (Lipinski definition) is 4. The van der Waals surface area contributed by atoms with Gasteiger partial charge in [-0.15, -0.1) is 0 Å². The minimum absolute atomic E-state index is 0.0122. The highest BCUT2D eigenvalue weighted by Gasteiger charge is 2.35. The van der Waals surface area contributed by atoms with E-state index in [0.29, 0.717) is 6.54 Å². The summed E-state index contributed by atoms with van der Waals surface area (Å²) in [6, 6.07) is 4.44. The molecule has 1 fully saturated rings. The molecule has 1 aromatic rings. The first-order valence-electron chi connectivity index (χ1n) is 7.75. The first-order chi connectivity index (χ1) is 10.9. The molecular formula is C16H22F2N2O3. The summed E-state index contributed by atoms with van der Waals surface area (Å²) in [5, 5.41) is 12.9. The van der Waals surface area contributed by atoms with Gasteiger partial charge < -0.3 is 15.2 Å². The lowest BCUT2D eigenvalue weighted by atomic mass is 9.73. The van der Waals surface area contributed by atoms with Crippen molar-refractivity contribution in [2.45, 2.75) is 45.1 Å². The summed E-state index contributed by atoms with van der Waals surface area (Å²) in [6.45, 7) is 1.53. The number of carbonyl (C=O) groups excluding carboxylic acids is 1. The molecule has 23 heavy (non-hydrogen) atoms. The van der Waals surface area contributed by atoms with Crippen LogP contribution in [-0.4, -0.2) is 41.7 Å². The molecule has 0 spiro atoms. The molecule has 1 aliphatic carbocycles. The van der Waals surface area contributed by atoms with Crippen LogP contribution in [0.15, 0.2) is 18.2 Å². The number of aromatic nitrogens is 1. The van der Waals surface area contributed by atoms with E-state index in [9.17, 15) is 18.7 Å².